The second kappa shape index (κ2) is 10.6. The van der Waals surface area contributed by atoms with Crippen LogP contribution < -0.4 is 0 Å². The van der Waals surface area contributed by atoms with E-state index in [1.54, 1.807) is 0 Å². The average Bonchev–Trinajstić information content (AvgIpc) is 2.70. The number of ether oxygens (including phenoxy) is 2. The summed E-state index contributed by atoms with van der Waals surface area (Å²) < 4.78 is 27.5. The monoisotopic (exact) mass is 382 g/mol. The lowest BCUT2D eigenvalue weighted by atomic mass is 9.73. The van der Waals surface area contributed by atoms with Gasteiger partial charge < -0.3 is 9.47 Å². The first kappa shape index (κ1) is 21.6. The van der Waals surface area contributed by atoms with Crippen molar-refractivity contribution in [3.05, 3.63) is 0 Å². The highest BCUT2D eigenvalue weighted by Gasteiger charge is 2.46. The van der Waals surface area contributed by atoms with Crippen molar-refractivity contribution in [2.75, 3.05) is 13.2 Å². The lowest BCUT2D eigenvalue weighted by Crippen LogP contribution is -2.51. The lowest BCUT2D eigenvalue weighted by molar-refractivity contribution is -0.268. The van der Waals surface area contributed by atoms with E-state index in [1.165, 1.54) is 77.0 Å². The van der Waals surface area contributed by atoms with Gasteiger partial charge in [-0.05, 0) is 56.3 Å². The third-order valence-electron chi connectivity index (χ3n) is 7.74. The largest absolute Gasteiger partial charge is 0.349 e. The van der Waals surface area contributed by atoms with Crippen LogP contribution in [0.4, 0.5) is 4.39 Å². The molecule has 0 amide bonds. The lowest BCUT2D eigenvalue weighted by Gasteiger charge is -2.44. The molecule has 0 aromatic carbocycles. The Labute approximate surface area is 167 Å². The molecule has 0 unspecified atom stereocenters. The Hall–Kier alpha value is -0.150. The van der Waals surface area contributed by atoms with Crippen molar-refractivity contribution in [1.29, 1.82) is 0 Å². The van der Waals surface area contributed by atoms with Crippen molar-refractivity contribution >= 4 is 0 Å². The second-order valence-electron chi connectivity index (χ2n) is 9.81. The van der Waals surface area contributed by atoms with E-state index in [1.807, 2.05) is 0 Å². The van der Waals surface area contributed by atoms with Gasteiger partial charge >= 0.3 is 0 Å². The molecule has 0 aromatic heterocycles. The van der Waals surface area contributed by atoms with Crippen LogP contribution in [-0.4, -0.2) is 25.2 Å². The van der Waals surface area contributed by atoms with Crippen LogP contribution in [0.25, 0.3) is 0 Å². The molecule has 0 bridgehead atoms. The predicted octanol–water partition coefficient (Wildman–Crippen LogP) is 7.06. The maximum absolute atomic E-state index is 15.5. The molecular formula is C24H43FO2. The quantitative estimate of drug-likeness (QED) is 0.418. The Morgan fingerprint density at radius 1 is 0.741 bits per heavy atom. The number of hydrogen-bond acceptors (Lipinski definition) is 2. The molecule has 2 nitrogen and oxygen atoms in total. The van der Waals surface area contributed by atoms with Crippen molar-refractivity contribution in [1.82, 2.24) is 0 Å². The molecule has 158 valence electrons. The number of rotatable bonds is 8. The van der Waals surface area contributed by atoms with E-state index in [4.69, 9.17) is 9.47 Å². The molecule has 3 fully saturated rings. The maximum Gasteiger partial charge on any atom is 0.160 e. The molecule has 27 heavy (non-hydrogen) atoms. The molecule has 0 aromatic rings. The van der Waals surface area contributed by atoms with Gasteiger partial charge in [-0.3, -0.25) is 0 Å². The first-order valence-corrected chi connectivity index (χ1v) is 12.1. The van der Waals surface area contributed by atoms with Crippen molar-refractivity contribution in [3.63, 3.8) is 0 Å². The zero-order chi connectivity index (χ0) is 19.1. The Morgan fingerprint density at radius 3 is 1.93 bits per heavy atom. The third kappa shape index (κ3) is 5.92. The molecule has 0 spiro atoms. The maximum atomic E-state index is 15.5. The van der Waals surface area contributed by atoms with E-state index >= 15 is 4.39 Å². The minimum Gasteiger partial charge on any atom is -0.349 e. The Balaban J connectivity index is 1.38. The fraction of sp³-hybridized carbons (Fsp3) is 1.00. The summed E-state index contributed by atoms with van der Waals surface area (Å²) in [6.45, 7) is 5.06. The highest BCUT2D eigenvalue weighted by molar-refractivity contribution is 4.93. The minimum atomic E-state index is -1.25. The molecule has 2 saturated carbocycles. The molecule has 1 aliphatic heterocycles. The van der Waals surface area contributed by atoms with E-state index in [-0.39, 0.29) is 25.4 Å². The Kier molecular flexibility index (Phi) is 8.44. The van der Waals surface area contributed by atoms with Crippen molar-refractivity contribution in [2.45, 2.75) is 116 Å². The summed E-state index contributed by atoms with van der Waals surface area (Å²) in [6.07, 6.45) is 17.2. The van der Waals surface area contributed by atoms with Crippen LogP contribution in [-0.2, 0) is 9.47 Å². The van der Waals surface area contributed by atoms with Gasteiger partial charge in [0.15, 0.2) is 12.0 Å². The van der Waals surface area contributed by atoms with Gasteiger partial charge in [-0.15, -0.1) is 0 Å². The normalized spacial score (nSPS) is 40.8. The molecule has 2 aliphatic carbocycles. The third-order valence-corrected chi connectivity index (χ3v) is 7.74. The smallest absolute Gasteiger partial charge is 0.160 e. The molecule has 1 saturated heterocycles. The van der Waals surface area contributed by atoms with Crippen LogP contribution in [0, 0.1) is 23.7 Å². The van der Waals surface area contributed by atoms with Crippen molar-refractivity contribution < 1.29 is 13.9 Å². The highest BCUT2D eigenvalue weighted by Crippen LogP contribution is 2.43. The van der Waals surface area contributed by atoms with Gasteiger partial charge in [-0.25, -0.2) is 4.39 Å². The van der Waals surface area contributed by atoms with Crippen molar-refractivity contribution in [2.24, 2.45) is 23.7 Å². The first-order valence-electron chi connectivity index (χ1n) is 12.1. The van der Waals surface area contributed by atoms with Gasteiger partial charge in [0.25, 0.3) is 0 Å². The topological polar surface area (TPSA) is 18.5 Å². The van der Waals surface area contributed by atoms with Crippen LogP contribution in [0.3, 0.4) is 0 Å². The average molecular weight is 383 g/mol. The molecule has 0 N–H and O–H groups in total. The summed E-state index contributed by atoms with van der Waals surface area (Å²) in [5.74, 6) is 2.34. The van der Waals surface area contributed by atoms with Crippen LogP contribution in [0.1, 0.15) is 104 Å². The van der Waals surface area contributed by atoms with Gasteiger partial charge in [-0.1, -0.05) is 65.2 Å². The van der Waals surface area contributed by atoms with Crippen LogP contribution in [0.2, 0.25) is 0 Å². The summed E-state index contributed by atoms with van der Waals surface area (Å²) in [7, 11) is 0. The van der Waals surface area contributed by atoms with Crippen LogP contribution in [0.15, 0.2) is 0 Å². The predicted molar refractivity (Wildman–Crippen MR) is 109 cm³/mol. The second-order valence-corrected chi connectivity index (χ2v) is 9.81. The Bertz CT molecular complexity index is 403. The van der Waals surface area contributed by atoms with Crippen molar-refractivity contribution in [3.8, 4) is 0 Å². The summed E-state index contributed by atoms with van der Waals surface area (Å²) in [5.41, 5.74) is -1.25. The number of halogens is 1. The van der Waals surface area contributed by atoms with E-state index in [9.17, 15) is 0 Å². The molecule has 3 heteroatoms. The Morgan fingerprint density at radius 2 is 1.33 bits per heavy atom. The van der Waals surface area contributed by atoms with E-state index in [0.29, 0.717) is 5.92 Å². The van der Waals surface area contributed by atoms with Gasteiger partial charge in [0.05, 0.1) is 13.2 Å². The summed E-state index contributed by atoms with van der Waals surface area (Å²) in [4.78, 5) is 0. The SMILES string of the molecule is CCCCCC1CCC([C@]2(F)CO[C@@H](C3CCC(CCC)CC3)OC2)CC1. The molecule has 3 aliphatic rings. The van der Waals surface area contributed by atoms with Gasteiger partial charge in [0.1, 0.15) is 0 Å². The molecule has 0 atom stereocenters. The van der Waals surface area contributed by atoms with Gasteiger partial charge in [-0.2, -0.15) is 0 Å². The molecule has 1 heterocycles. The zero-order valence-electron chi connectivity index (χ0n) is 17.9. The van der Waals surface area contributed by atoms with Gasteiger partial charge in [0, 0.05) is 5.92 Å². The molecule has 3 rings (SSSR count). The standard InChI is InChI=1S/C24H43FO2/c1-3-5-6-8-20-11-15-22(16-12-20)24(25)17-26-23(27-18-24)21-13-9-19(7-4-2)10-14-21/h19-23H,3-18H2,1-2H3/t19?,20?,21?,22?,23-,24+. The van der Waals surface area contributed by atoms with Crippen LogP contribution >= 0.6 is 0 Å². The number of unbranched alkanes of at least 4 members (excludes halogenated alkanes) is 2. The zero-order valence-corrected chi connectivity index (χ0v) is 17.9. The van der Waals surface area contributed by atoms with E-state index in [2.05, 4.69) is 13.8 Å². The molecule has 0 radical (unpaired) electrons. The first-order chi connectivity index (χ1) is 13.1. The van der Waals surface area contributed by atoms with E-state index in [0.717, 1.165) is 24.7 Å². The summed E-state index contributed by atoms with van der Waals surface area (Å²) in [5, 5.41) is 0. The van der Waals surface area contributed by atoms with E-state index < -0.39 is 5.67 Å². The fourth-order valence-corrected chi connectivity index (χ4v) is 5.85. The summed E-state index contributed by atoms with van der Waals surface area (Å²) in [6, 6.07) is 0. The molecular weight excluding hydrogens is 339 g/mol. The highest BCUT2D eigenvalue weighted by atomic mass is 19.1. The van der Waals surface area contributed by atoms with Gasteiger partial charge in [0.2, 0.25) is 0 Å². The fourth-order valence-electron chi connectivity index (χ4n) is 5.85. The number of hydrogen-bond donors (Lipinski definition) is 0. The van der Waals surface area contributed by atoms with Crippen LogP contribution in [0.5, 0.6) is 0 Å². The number of alkyl halides is 1. The summed E-state index contributed by atoms with van der Waals surface area (Å²) >= 11 is 0. The minimum absolute atomic E-state index is 0.140.